The first kappa shape index (κ1) is 20.0. The molecule has 0 heterocycles. The Bertz CT molecular complexity index is 681. The molecule has 3 N–H and O–H groups in total. The Labute approximate surface area is 143 Å². The summed E-state index contributed by atoms with van der Waals surface area (Å²) in [6.45, 7) is 4.86. The van der Waals surface area contributed by atoms with Gasteiger partial charge in [-0.3, -0.25) is 10.1 Å². The Balaban J connectivity index is 3.06. The van der Waals surface area contributed by atoms with Crippen molar-refractivity contribution >= 4 is 17.7 Å². The summed E-state index contributed by atoms with van der Waals surface area (Å²) in [4.78, 5) is 33.3. The van der Waals surface area contributed by atoms with Crippen molar-refractivity contribution in [2.45, 2.75) is 38.8 Å². The van der Waals surface area contributed by atoms with Crippen LogP contribution in [0.25, 0.3) is 0 Å². The van der Waals surface area contributed by atoms with Gasteiger partial charge in [0.2, 0.25) is 5.75 Å². The first-order chi connectivity index (χ1) is 11.4. The van der Waals surface area contributed by atoms with Gasteiger partial charge in [-0.2, -0.15) is 0 Å². The second-order valence-electron chi connectivity index (χ2n) is 6.16. The first-order valence-corrected chi connectivity index (χ1v) is 7.21. The van der Waals surface area contributed by atoms with E-state index < -0.39 is 40.1 Å². The van der Waals surface area contributed by atoms with Crippen LogP contribution in [0.2, 0.25) is 0 Å². The number of nitrogens with zero attached hydrogens (tertiary/aromatic N) is 1. The predicted octanol–water partition coefficient (Wildman–Crippen LogP) is 1.83. The average molecular weight is 356 g/mol. The molecule has 0 saturated heterocycles. The van der Waals surface area contributed by atoms with Crippen LogP contribution in [-0.2, 0) is 16.0 Å². The Kier molecular flexibility index (Phi) is 6.15. The van der Waals surface area contributed by atoms with Gasteiger partial charge in [-0.05, 0) is 32.4 Å². The highest BCUT2D eigenvalue weighted by molar-refractivity contribution is 5.80. The molecule has 0 saturated carbocycles. The van der Waals surface area contributed by atoms with Gasteiger partial charge in [-0.25, -0.2) is 9.59 Å². The van der Waals surface area contributed by atoms with Crippen molar-refractivity contribution in [1.82, 2.24) is 5.32 Å². The lowest BCUT2D eigenvalue weighted by atomic mass is 10.0. The highest BCUT2D eigenvalue weighted by Gasteiger charge is 2.26. The zero-order chi connectivity index (χ0) is 19.4. The summed E-state index contributed by atoms with van der Waals surface area (Å²) in [6.07, 6.45) is -1.20. The van der Waals surface area contributed by atoms with Gasteiger partial charge in [0.25, 0.3) is 0 Å². The number of carbonyl (C=O) groups excluding carboxylic acids is 1. The number of carboxylic acid groups (broad SMARTS) is 1. The zero-order valence-electron chi connectivity index (χ0n) is 14.2. The molecule has 10 nitrogen and oxygen atoms in total. The van der Waals surface area contributed by atoms with E-state index in [9.17, 15) is 29.9 Å². The van der Waals surface area contributed by atoms with Crippen LogP contribution in [0.3, 0.4) is 0 Å². The Morgan fingerprint density at radius 2 is 1.96 bits per heavy atom. The van der Waals surface area contributed by atoms with E-state index in [-0.39, 0.29) is 17.7 Å². The standard InChI is InChI=1S/C15H20N2O8/c1-15(2,3)25-14(21)16-9(13(19)20)5-8-6-10(17(22)23)12(18)11(7-8)24-4/h6-7,9,18H,5H2,1-4H3,(H,16,21)(H,19,20). The fraction of sp³-hybridized carbons (Fsp3) is 0.467. The van der Waals surface area contributed by atoms with Gasteiger partial charge in [0, 0.05) is 12.5 Å². The maximum Gasteiger partial charge on any atom is 0.408 e. The molecule has 1 rings (SSSR count). The lowest BCUT2D eigenvalue weighted by Gasteiger charge is -2.22. The average Bonchev–Trinajstić information content (AvgIpc) is 2.45. The SMILES string of the molecule is COc1cc(CC(NC(=O)OC(C)(C)C)C(=O)O)cc([N+](=O)[O-])c1O. The number of nitrogens with one attached hydrogen (secondary N) is 1. The summed E-state index contributed by atoms with van der Waals surface area (Å²) >= 11 is 0. The zero-order valence-corrected chi connectivity index (χ0v) is 14.2. The Morgan fingerprint density at radius 1 is 1.36 bits per heavy atom. The van der Waals surface area contributed by atoms with Crippen molar-refractivity contribution in [2.75, 3.05) is 7.11 Å². The highest BCUT2D eigenvalue weighted by Crippen LogP contribution is 2.37. The number of rotatable bonds is 6. The number of nitro groups is 1. The number of alkyl carbamates (subject to hydrolysis) is 1. The third-order valence-electron chi connectivity index (χ3n) is 2.96. The molecule has 138 valence electrons. The largest absolute Gasteiger partial charge is 0.500 e. The van der Waals surface area contributed by atoms with E-state index in [4.69, 9.17) is 9.47 Å². The minimum absolute atomic E-state index is 0.175. The number of ether oxygens (including phenoxy) is 2. The van der Waals surface area contributed by atoms with Gasteiger partial charge in [0.1, 0.15) is 11.6 Å². The summed E-state index contributed by atoms with van der Waals surface area (Å²) < 4.78 is 9.85. The molecule has 25 heavy (non-hydrogen) atoms. The van der Waals surface area contributed by atoms with E-state index in [2.05, 4.69) is 5.32 Å². The highest BCUT2D eigenvalue weighted by atomic mass is 16.6. The summed E-state index contributed by atoms with van der Waals surface area (Å²) in [7, 11) is 1.20. The number of aromatic hydroxyl groups is 1. The van der Waals surface area contributed by atoms with Gasteiger partial charge in [-0.1, -0.05) is 0 Å². The van der Waals surface area contributed by atoms with Gasteiger partial charge < -0.3 is 25.0 Å². The first-order valence-electron chi connectivity index (χ1n) is 7.21. The van der Waals surface area contributed by atoms with E-state index in [1.165, 1.54) is 13.2 Å². The van der Waals surface area contributed by atoms with Crippen LogP contribution >= 0.6 is 0 Å². The number of nitro benzene ring substituents is 1. The van der Waals surface area contributed by atoms with Crippen molar-refractivity contribution in [3.05, 3.63) is 27.8 Å². The van der Waals surface area contributed by atoms with E-state index >= 15 is 0 Å². The molecule has 1 amide bonds. The molecular weight excluding hydrogens is 336 g/mol. The van der Waals surface area contributed by atoms with Crippen LogP contribution in [0.15, 0.2) is 12.1 Å². The minimum atomic E-state index is -1.39. The van der Waals surface area contributed by atoms with Crippen LogP contribution in [0, 0.1) is 10.1 Å². The molecule has 1 unspecified atom stereocenters. The van der Waals surface area contributed by atoms with Crippen molar-refractivity contribution in [1.29, 1.82) is 0 Å². The topological polar surface area (TPSA) is 148 Å². The van der Waals surface area contributed by atoms with Crippen molar-refractivity contribution < 1.29 is 34.2 Å². The molecule has 1 aromatic rings. The quantitative estimate of drug-likeness (QED) is 0.516. The van der Waals surface area contributed by atoms with E-state index in [0.29, 0.717) is 0 Å². The van der Waals surface area contributed by atoms with Gasteiger partial charge in [-0.15, -0.1) is 0 Å². The molecule has 10 heteroatoms. The van der Waals surface area contributed by atoms with Crippen molar-refractivity contribution in [3.63, 3.8) is 0 Å². The van der Waals surface area contributed by atoms with Crippen LogP contribution < -0.4 is 10.1 Å². The molecule has 1 aromatic carbocycles. The third-order valence-corrected chi connectivity index (χ3v) is 2.96. The number of phenolic OH excluding ortho intramolecular Hbond substituents is 1. The molecule has 0 aliphatic rings. The molecule has 0 aliphatic heterocycles. The van der Waals surface area contributed by atoms with Crippen molar-refractivity contribution in [2.24, 2.45) is 0 Å². The van der Waals surface area contributed by atoms with E-state index in [0.717, 1.165) is 6.07 Å². The predicted molar refractivity (Wildman–Crippen MR) is 85.8 cm³/mol. The van der Waals surface area contributed by atoms with Crippen LogP contribution in [0.1, 0.15) is 26.3 Å². The maximum absolute atomic E-state index is 11.7. The molecular formula is C15H20N2O8. The summed E-state index contributed by atoms with van der Waals surface area (Å²) in [5, 5.41) is 32.2. The van der Waals surface area contributed by atoms with Gasteiger partial charge in [0.15, 0.2) is 5.75 Å². The normalized spacial score (nSPS) is 12.2. The maximum atomic E-state index is 11.7. The number of aliphatic carboxylic acids is 1. The van der Waals surface area contributed by atoms with Crippen molar-refractivity contribution in [3.8, 4) is 11.5 Å². The van der Waals surface area contributed by atoms with Gasteiger partial charge in [0.05, 0.1) is 12.0 Å². The Morgan fingerprint density at radius 3 is 2.40 bits per heavy atom. The smallest absolute Gasteiger partial charge is 0.408 e. The van der Waals surface area contributed by atoms with Crippen LogP contribution in [0.5, 0.6) is 11.5 Å². The Hall–Kier alpha value is -3.04. The van der Waals surface area contributed by atoms with E-state index in [1.54, 1.807) is 20.8 Å². The number of carboxylic acids is 1. The lowest BCUT2D eigenvalue weighted by molar-refractivity contribution is -0.386. The summed E-state index contributed by atoms with van der Waals surface area (Å²) in [5.41, 5.74) is -1.26. The number of phenols is 1. The molecule has 1 atom stereocenters. The minimum Gasteiger partial charge on any atom is -0.500 e. The molecule has 0 aromatic heterocycles. The summed E-state index contributed by atoms with van der Waals surface area (Å²) in [5.74, 6) is -2.19. The monoisotopic (exact) mass is 356 g/mol. The number of methoxy groups -OCH3 is 1. The molecule has 0 spiro atoms. The lowest BCUT2D eigenvalue weighted by Crippen LogP contribution is -2.44. The summed E-state index contributed by atoms with van der Waals surface area (Å²) in [6, 6.07) is 0.892. The third kappa shape index (κ3) is 5.83. The van der Waals surface area contributed by atoms with Crippen LogP contribution in [0.4, 0.5) is 10.5 Å². The van der Waals surface area contributed by atoms with Crippen LogP contribution in [-0.4, -0.2) is 46.0 Å². The number of benzene rings is 1. The number of amides is 1. The fourth-order valence-corrected chi connectivity index (χ4v) is 1.95. The fourth-order valence-electron chi connectivity index (χ4n) is 1.95. The second-order valence-corrected chi connectivity index (χ2v) is 6.16. The molecule has 0 radical (unpaired) electrons. The number of carbonyl (C=O) groups is 2. The second kappa shape index (κ2) is 7.69. The molecule has 0 fully saturated rings. The molecule has 0 aliphatic carbocycles. The van der Waals surface area contributed by atoms with Gasteiger partial charge >= 0.3 is 17.7 Å². The number of hydrogen-bond acceptors (Lipinski definition) is 7. The molecule has 0 bridgehead atoms. The van der Waals surface area contributed by atoms with E-state index in [1.807, 2.05) is 0 Å². The number of hydrogen-bond donors (Lipinski definition) is 3.